The minimum absolute atomic E-state index is 0.332. The van der Waals surface area contributed by atoms with Gasteiger partial charge in [-0.2, -0.15) is 0 Å². The smallest absolute Gasteiger partial charge is 0.399 e. The number of hydrogen-bond donors (Lipinski definition) is 2. The van der Waals surface area contributed by atoms with Gasteiger partial charge in [-0.1, -0.05) is 81.6 Å². The predicted molar refractivity (Wildman–Crippen MR) is 135 cm³/mol. The summed E-state index contributed by atoms with van der Waals surface area (Å²) in [6.07, 6.45) is 1.88. The van der Waals surface area contributed by atoms with E-state index in [-0.39, 0.29) is 18.3 Å². The normalized spacial score (nSPS) is 17.3. The fourth-order valence-electron chi connectivity index (χ4n) is 2.97. The molecule has 0 spiro atoms. The van der Waals surface area contributed by atoms with E-state index in [0.29, 0.717) is 0 Å². The molecule has 1 aliphatic heterocycles. The van der Waals surface area contributed by atoms with Crippen LogP contribution in [0.25, 0.3) is 12.2 Å². The summed E-state index contributed by atoms with van der Waals surface area (Å²) in [7, 11) is -0.341. The van der Waals surface area contributed by atoms with Gasteiger partial charge in [-0.3, -0.25) is 0 Å². The van der Waals surface area contributed by atoms with Gasteiger partial charge in [0, 0.05) is 0 Å². The summed E-state index contributed by atoms with van der Waals surface area (Å²) in [5, 5.41) is 2.09. The maximum Gasteiger partial charge on any atom is 0.494 e. The summed E-state index contributed by atoms with van der Waals surface area (Å²) in [6, 6.07) is 16.4. The minimum Gasteiger partial charge on any atom is -0.399 e. The quantitative estimate of drug-likeness (QED) is 0.424. The van der Waals surface area contributed by atoms with Crippen LogP contribution in [0.2, 0.25) is 0 Å². The molecular formula is C24H33BO2S2. The molecule has 0 atom stereocenters. The third kappa shape index (κ3) is 5.82. The molecule has 2 aromatic rings. The van der Waals surface area contributed by atoms with Crippen LogP contribution in [0.1, 0.15) is 47.1 Å². The number of thiol groups is 2. The Hall–Kier alpha value is -1.40. The van der Waals surface area contributed by atoms with Crippen molar-refractivity contribution in [1.82, 2.24) is 0 Å². The zero-order valence-electron chi connectivity index (χ0n) is 18.4. The molecule has 0 N–H and O–H groups in total. The van der Waals surface area contributed by atoms with E-state index in [1.54, 1.807) is 0 Å². The fourth-order valence-corrected chi connectivity index (χ4v) is 2.97. The molecule has 0 bridgehead atoms. The van der Waals surface area contributed by atoms with Crippen LogP contribution in [0.4, 0.5) is 0 Å². The van der Waals surface area contributed by atoms with Crippen LogP contribution in [0.15, 0.2) is 61.2 Å². The maximum absolute atomic E-state index is 6.12. The first-order valence-electron chi connectivity index (χ1n) is 9.82. The van der Waals surface area contributed by atoms with Crippen molar-refractivity contribution in [2.24, 2.45) is 0 Å². The van der Waals surface area contributed by atoms with Gasteiger partial charge in [0.05, 0.1) is 11.2 Å². The van der Waals surface area contributed by atoms with Crippen LogP contribution in [0, 0.1) is 0 Å². The molecule has 5 heteroatoms. The zero-order valence-corrected chi connectivity index (χ0v) is 20.2. The standard InChI is InChI=1S/C22H25BO2.C2H6.H2S2/c1-7-19(20-11-9-8-10-16(20)2)17-12-14-18(15-13-17)23-24-21(3,4)22(5,6)25-23;2*1-2/h7-15H,1-2H2,3-6H3;1-2H3;1-2H/b20-19+;;. The van der Waals surface area contributed by atoms with Gasteiger partial charge in [0.15, 0.2) is 0 Å². The second-order valence-electron chi connectivity index (χ2n) is 7.49. The highest BCUT2D eigenvalue weighted by molar-refractivity contribution is 8.59. The lowest BCUT2D eigenvalue weighted by atomic mass is 9.78. The van der Waals surface area contributed by atoms with Crippen LogP contribution in [0.5, 0.6) is 0 Å². The molecule has 156 valence electrons. The highest BCUT2D eigenvalue weighted by Gasteiger charge is 2.51. The number of hydrogen-bond acceptors (Lipinski definition) is 4. The largest absolute Gasteiger partial charge is 0.494 e. The molecule has 0 radical (unpaired) electrons. The molecular weight excluding hydrogens is 395 g/mol. The Morgan fingerprint density at radius 3 is 1.83 bits per heavy atom. The molecule has 1 saturated heterocycles. The lowest BCUT2D eigenvalue weighted by Gasteiger charge is -2.32. The highest BCUT2D eigenvalue weighted by Crippen LogP contribution is 2.36. The van der Waals surface area contributed by atoms with Gasteiger partial charge in [-0.25, -0.2) is 0 Å². The van der Waals surface area contributed by atoms with Crippen molar-refractivity contribution >= 4 is 48.1 Å². The van der Waals surface area contributed by atoms with E-state index in [1.807, 2.05) is 38.1 Å². The molecule has 1 heterocycles. The topological polar surface area (TPSA) is 18.5 Å². The Balaban J connectivity index is 0.000000989. The van der Waals surface area contributed by atoms with Crippen LogP contribution >= 0.6 is 23.3 Å². The van der Waals surface area contributed by atoms with E-state index >= 15 is 0 Å². The fraction of sp³-hybridized carbons (Fsp3) is 0.333. The molecule has 1 fully saturated rings. The van der Waals surface area contributed by atoms with Crippen molar-refractivity contribution in [3.8, 4) is 0 Å². The lowest BCUT2D eigenvalue weighted by Crippen LogP contribution is -2.41. The summed E-state index contributed by atoms with van der Waals surface area (Å²) in [5.41, 5.74) is 2.54. The number of allylic oxidation sites excluding steroid dienone is 1. The van der Waals surface area contributed by atoms with Crippen molar-refractivity contribution < 1.29 is 9.31 Å². The number of rotatable bonds is 3. The average Bonchev–Trinajstić information content (AvgIpc) is 2.95. The zero-order chi connectivity index (χ0) is 22.2. The second kappa shape index (κ2) is 11.1. The Bertz CT molecular complexity index is 889. The molecule has 3 rings (SSSR count). The van der Waals surface area contributed by atoms with Gasteiger partial charge in [0.1, 0.15) is 0 Å². The van der Waals surface area contributed by atoms with Gasteiger partial charge >= 0.3 is 7.12 Å². The third-order valence-electron chi connectivity index (χ3n) is 5.26. The van der Waals surface area contributed by atoms with Crippen molar-refractivity contribution in [1.29, 1.82) is 0 Å². The molecule has 2 aromatic carbocycles. The molecule has 0 amide bonds. The maximum atomic E-state index is 6.12. The first-order chi connectivity index (χ1) is 13.7. The van der Waals surface area contributed by atoms with E-state index < -0.39 is 0 Å². The van der Waals surface area contributed by atoms with Gasteiger partial charge in [-0.15, -0.1) is 23.3 Å². The van der Waals surface area contributed by atoms with Crippen LogP contribution in [-0.4, -0.2) is 18.3 Å². The summed E-state index contributed by atoms with van der Waals surface area (Å²) < 4.78 is 12.2. The first kappa shape index (κ1) is 25.6. The summed E-state index contributed by atoms with van der Waals surface area (Å²) in [5.74, 6) is 0. The van der Waals surface area contributed by atoms with Gasteiger partial charge in [0.2, 0.25) is 0 Å². The van der Waals surface area contributed by atoms with Gasteiger partial charge in [0.25, 0.3) is 0 Å². The van der Waals surface area contributed by atoms with Crippen molar-refractivity contribution in [3.63, 3.8) is 0 Å². The average molecular weight is 428 g/mol. The van der Waals surface area contributed by atoms with Crippen molar-refractivity contribution in [3.05, 3.63) is 77.2 Å². The number of benzene rings is 2. The SMILES string of the molecule is C=C/C(c1ccc(B2OC(C)(C)C(C)(C)O2)cc1)=c1/ccccc1=C.CC.SS. The van der Waals surface area contributed by atoms with E-state index in [0.717, 1.165) is 27.0 Å². The van der Waals surface area contributed by atoms with Crippen LogP contribution in [0.3, 0.4) is 0 Å². The van der Waals surface area contributed by atoms with Crippen molar-refractivity contribution in [2.75, 3.05) is 0 Å². The Labute approximate surface area is 187 Å². The molecule has 0 aromatic heterocycles. The summed E-state index contributed by atoms with van der Waals surface area (Å²) >= 11 is 6.44. The highest BCUT2D eigenvalue weighted by atomic mass is 33.1. The third-order valence-corrected chi connectivity index (χ3v) is 5.26. The molecule has 1 aliphatic rings. The lowest BCUT2D eigenvalue weighted by molar-refractivity contribution is 0.00578. The second-order valence-corrected chi connectivity index (χ2v) is 7.49. The predicted octanol–water partition coefficient (Wildman–Crippen LogP) is 4.57. The van der Waals surface area contributed by atoms with Gasteiger partial charge < -0.3 is 9.31 Å². The van der Waals surface area contributed by atoms with Crippen molar-refractivity contribution in [2.45, 2.75) is 52.7 Å². The molecule has 0 aliphatic carbocycles. The van der Waals surface area contributed by atoms with Crippen LogP contribution in [-0.2, 0) is 9.31 Å². The summed E-state index contributed by atoms with van der Waals surface area (Å²) in [4.78, 5) is 0. The molecule has 0 saturated carbocycles. The van der Waals surface area contributed by atoms with E-state index in [9.17, 15) is 0 Å². The monoisotopic (exact) mass is 428 g/mol. The van der Waals surface area contributed by atoms with E-state index in [4.69, 9.17) is 9.31 Å². The molecule has 2 nitrogen and oxygen atoms in total. The Morgan fingerprint density at radius 2 is 1.38 bits per heavy atom. The molecule has 0 unspecified atom stereocenters. The first-order valence-corrected chi connectivity index (χ1v) is 11.4. The van der Waals surface area contributed by atoms with Crippen LogP contribution < -0.4 is 15.9 Å². The van der Waals surface area contributed by atoms with Gasteiger partial charge in [-0.05, 0) is 54.7 Å². The Morgan fingerprint density at radius 1 is 0.897 bits per heavy atom. The summed E-state index contributed by atoms with van der Waals surface area (Å²) in [6.45, 7) is 20.4. The molecule has 29 heavy (non-hydrogen) atoms. The van der Waals surface area contributed by atoms with E-state index in [2.05, 4.69) is 94.5 Å². The minimum atomic E-state index is -0.341. The Kier molecular flexibility index (Phi) is 9.83. The van der Waals surface area contributed by atoms with E-state index in [1.165, 1.54) is 0 Å².